The molecule has 0 aliphatic carbocycles. The predicted molar refractivity (Wildman–Crippen MR) is 127 cm³/mol. The van der Waals surface area contributed by atoms with Gasteiger partial charge in [-0.05, 0) is 55.0 Å². The van der Waals surface area contributed by atoms with E-state index in [9.17, 15) is 18.0 Å². The molecule has 2 aliphatic rings. The molecule has 0 spiro atoms. The Morgan fingerprint density at radius 2 is 1.76 bits per heavy atom. The van der Waals surface area contributed by atoms with Gasteiger partial charge in [-0.1, -0.05) is 36.8 Å². The van der Waals surface area contributed by atoms with E-state index < -0.39 is 10.0 Å². The Morgan fingerprint density at radius 1 is 1.03 bits per heavy atom. The summed E-state index contributed by atoms with van der Waals surface area (Å²) in [4.78, 5) is 27.2. The van der Waals surface area contributed by atoms with Gasteiger partial charge in [0.25, 0.3) is 0 Å². The molecule has 0 radical (unpaired) electrons. The number of amides is 2. The first-order chi connectivity index (χ1) is 15.8. The van der Waals surface area contributed by atoms with Gasteiger partial charge in [0.1, 0.15) is 0 Å². The molecule has 0 aromatic heterocycles. The van der Waals surface area contributed by atoms with Gasteiger partial charge in [0.15, 0.2) is 0 Å². The van der Waals surface area contributed by atoms with E-state index in [1.54, 1.807) is 30.0 Å². The summed E-state index contributed by atoms with van der Waals surface area (Å²) in [6.45, 7) is 4.93. The van der Waals surface area contributed by atoms with Crippen molar-refractivity contribution in [1.82, 2.24) is 9.21 Å². The van der Waals surface area contributed by atoms with Crippen molar-refractivity contribution in [3.05, 3.63) is 59.2 Å². The van der Waals surface area contributed by atoms with Crippen molar-refractivity contribution in [2.75, 3.05) is 25.0 Å². The van der Waals surface area contributed by atoms with Gasteiger partial charge in [-0.2, -0.15) is 4.31 Å². The lowest BCUT2D eigenvalue weighted by atomic mass is 9.90. The second-order valence-electron chi connectivity index (χ2n) is 8.87. The van der Waals surface area contributed by atoms with Crippen molar-refractivity contribution in [3.63, 3.8) is 0 Å². The first-order valence-corrected chi connectivity index (χ1v) is 13.0. The maximum absolute atomic E-state index is 13.2. The zero-order chi connectivity index (χ0) is 23.6. The summed E-state index contributed by atoms with van der Waals surface area (Å²) in [5, 5.41) is 2.86. The zero-order valence-electron chi connectivity index (χ0n) is 19.2. The molecule has 4 rings (SSSR count). The molecule has 7 nitrogen and oxygen atoms in total. The Bertz CT molecular complexity index is 1160. The van der Waals surface area contributed by atoms with Crippen LogP contribution in [0.2, 0.25) is 0 Å². The fourth-order valence-corrected chi connectivity index (χ4v) is 6.60. The van der Waals surface area contributed by atoms with Gasteiger partial charge < -0.3 is 10.2 Å². The molecule has 1 fully saturated rings. The first kappa shape index (κ1) is 23.4. The van der Waals surface area contributed by atoms with E-state index in [1.807, 2.05) is 24.3 Å². The van der Waals surface area contributed by atoms with Crippen LogP contribution in [0.15, 0.2) is 47.4 Å². The van der Waals surface area contributed by atoms with Crippen LogP contribution in [-0.4, -0.2) is 49.1 Å². The molecular formula is C25H31N3O4S. The lowest BCUT2D eigenvalue weighted by molar-refractivity contribution is -0.132. The van der Waals surface area contributed by atoms with Gasteiger partial charge in [0.05, 0.1) is 17.4 Å². The van der Waals surface area contributed by atoms with E-state index in [0.29, 0.717) is 30.9 Å². The van der Waals surface area contributed by atoms with Gasteiger partial charge in [0, 0.05) is 32.2 Å². The Hall–Kier alpha value is -2.71. The second-order valence-corrected chi connectivity index (χ2v) is 10.8. The lowest BCUT2D eigenvalue weighted by Crippen LogP contribution is -2.40. The molecule has 2 amide bonds. The molecule has 1 atom stereocenters. The number of hydrogen-bond donors (Lipinski definition) is 1. The monoisotopic (exact) mass is 469 g/mol. The van der Waals surface area contributed by atoms with E-state index in [4.69, 9.17) is 0 Å². The zero-order valence-corrected chi connectivity index (χ0v) is 20.0. The van der Waals surface area contributed by atoms with Crippen molar-refractivity contribution < 1.29 is 18.0 Å². The number of aryl methyl sites for hydroxylation is 1. The number of benzene rings is 2. The Labute approximate surface area is 195 Å². The van der Waals surface area contributed by atoms with Gasteiger partial charge in [0.2, 0.25) is 21.8 Å². The topological polar surface area (TPSA) is 86.8 Å². The van der Waals surface area contributed by atoms with E-state index in [0.717, 1.165) is 36.8 Å². The van der Waals surface area contributed by atoms with Crippen LogP contribution in [0.5, 0.6) is 0 Å². The number of nitrogens with one attached hydrogen (secondary N) is 1. The standard InChI is InChI=1S/C25H31N3O4S/c1-18-10-11-21(16-24(18)33(31,32)27-13-6-3-7-14-27)26-25(30)17-23-22-9-5-4-8-20(22)12-15-28(23)19(2)29/h4-5,8-11,16,23H,3,6-7,12-15,17H2,1-2H3,(H,26,30). The van der Waals surface area contributed by atoms with E-state index in [2.05, 4.69) is 5.32 Å². The lowest BCUT2D eigenvalue weighted by Gasteiger charge is -2.36. The summed E-state index contributed by atoms with van der Waals surface area (Å²) < 4.78 is 27.9. The van der Waals surface area contributed by atoms with Crippen molar-refractivity contribution in [2.45, 2.75) is 56.9 Å². The fourth-order valence-electron chi connectivity index (χ4n) is 4.84. The highest BCUT2D eigenvalue weighted by Gasteiger charge is 2.31. The highest BCUT2D eigenvalue weighted by Crippen LogP contribution is 2.33. The number of rotatable bonds is 5. The minimum absolute atomic E-state index is 0.0625. The Morgan fingerprint density at radius 3 is 2.48 bits per heavy atom. The van der Waals surface area contributed by atoms with E-state index in [-0.39, 0.29) is 29.2 Å². The van der Waals surface area contributed by atoms with Crippen LogP contribution in [0.1, 0.15) is 55.3 Å². The molecule has 33 heavy (non-hydrogen) atoms. The van der Waals surface area contributed by atoms with Crippen molar-refractivity contribution in [1.29, 1.82) is 0 Å². The molecule has 0 bridgehead atoms. The maximum atomic E-state index is 13.2. The average molecular weight is 470 g/mol. The smallest absolute Gasteiger partial charge is 0.243 e. The van der Waals surface area contributed by atoms with E-state index in [1.165, 1.54) is 11.2 Å². The fraction of sp³-hybridized carbons (Fsp3) is 0.440. The van der Waals surface area contributed by atoms with Crippen LogP contribution in [0.4, 0.5) is 5.69 Å². The normalized spacial score (nSPS) is 19.1. The van der Waals surface area contributed by atoms with Crippen LogP contribution >= 0.6 is 0 Å². The average Bonchev–Trinajstić information content (AvgIpc) is 2.80. The number of sulfonamides is 1. The van der Waals surface area contributed by atoms with Crippen LogP contribution < -0.4 is 5.32 Å². The summed E-state index contributed by atoms with van der Waals surface area (Å²) in [6, 6.07) is 12.6. The molecule has 1 unspecified atom stereocenters. The minimum atomic E-state index is -3.61. The molecule has 8 heteroatoms. The van der Waals surface area contributed by atoms with Crippen molar-refractivity contribution in [3.8, 4) is 0 Å². The number of nitrogens with zero attached hydrogens (tertiary/aromatic N) is 2. The molecule has 0 saturated carbocycles. The third-order valence-electron chi connectivity index (χ3n) is 6.60. The van der Waals surface area contributed by atoms with Crippen LogP contribution in [0.3, 0.4) is 0 Å². The van der Waals surface area contributed by atoms with Crippen LogP contribution in [0.25, 0.3) is 0 Å². The van der Waals surface area contributed by atoms with E-state index >= 15 is 0 Å². The molecular weight excluding hydrogens is 438 g/mol. The maximum Gasteiger partial charge on any atom is 0.243 e. The summed E-state index contributed by atoms with van der Waals surface area (Å²) in [6.07, 6.45) is 3.65. The van der Waals surface area contributed by atoms with Gasteiger partial charge in [-0.3, -0.25) is 9.59 Å². The molecule has 2 aromatic carbocycles. The predicted octanol–water partition coefficient (Wildman–Crippen LogP) is 3.64. The SMILES string of the molecule is CC(=O)N1CCc2ccccc2C1CC(=O)Nc1ccc(C)c(S(=O)(=O)N2CCCCC2)c1. The summed E-state index contributed by atoms with van der Waals surface area (Å²) >= 11 is 0. The number of anilines is 1. The summed E-state index contributed by atoms with van der Waals surface area (Å²) in [5.41, 5.74) is 3.24. The molecule has 1 N–H and O–H groups in total. The van der Waals surface area contributed by atoms with Gasteiger partial charge in [-0.15, -0.1) is 0 Å². The quantitative estimate of drug-likeness (QED) is 0.724. The third kappa shape index (κ3) is 4.96. The van der Waals surface area contributed by atoms with Crippen molar-refractivity contribution >= 4 is 27.5 Å². The molecule has 2 heterocycles. The molecule has 2 aliphatic heterocycles. The number of carbonyl (C=O) groups excluding carboxylic acids is 2. The molecule has 1 saturated heterocycles. The number of piperidine rings is 1. The van der Waals surface area contributed by atoms with Gasteiger partial charge in [-0.25, -0.2) is 8.42 Å². The van der Waals surface area contributed by atoms with Crippen molar-refractivity contribution in [2.24, 2.45) is 0 Å². The van der Waals surface area contributed by atoms with Crippen LogP contribution in [0, 0.1) is 6.92 Å². The number of hydrogen-bond acceptors (Lipinski definition) is 4. The highest BCUT2D eigenvalue weighted by molar-refractivity contribution is 7.89. The van der Waals surface area contributed by atoms with Gasteiger partial charge >= 0.3 is 0 Å². The highest BCUT2D eigenvalue weighted by atomic mass is 32.2. The second kappa shape index (κ2) is 9.65. The molecule has 2 aromatic rings. The number of carbonyl (C=O) groups is 2. The van der Waals surface area contributed by atoms with Crippen LogP contribution in [-0.2, 0) is 26.0 Å². The minimum Gasteiger partial charge on any atom is -0.335 e. The summed E-state index contributed by atoms with van der Waals surface area (Å²) in [5.74, 6) is -0.319. The summed E-state index contributed by atoms with van der Waals surface area (Å²) in [7, 11) is -3.61. The third-order valence-corrected chi connectivity index (χ3v) is 8.64. The largest absolute Gasteiger partial charge is 0.335 e. The molecule has 176 valence electrons. The first-order valence-electron chi connectivity index (χ1n) is 11.5. The number of fused-ring (bicyclic) bond motifs is 1. The Kier molecular flexibility index (Phi) is 6.86. The Balaban J connectivity index is 1.54.